The van der Waals surface area contributed by atoms with E-state index in [2.05, 4.69) is 4.74 Å². The van der Waals surface area contributed by atoms with Crippen molar-refractivity contribution in [3.8, 4) is 0 Å². The number of rotatable bonds is 4. The van der Waals surface area contributed by atoms with Crippen molar-refractivity contribution in [3.63, 3.8) is 0 Å². The Bertz CT molecular complexity index is 338. The number of ether oxygens (including phenoxy) is 1. The lowest BCUT2D eigenvalue weighted by Crippen LogP contribution is -2.71. The molecule has 1 amide bonds. The van der Waals surface area contributed by atoms with Gasteiger partial charge < -0.3 is 46.2 Å². The maximum atomic E-state index is 10.7. The summed E-state index contributed by atoms with van der Waals surface area (Å²) in [6.45, 7) is -0.855. The number of carbonyl (C=O) groups excluding carboxylic acids is 1. The molecule has 0 aliphatic carbocycles. The molecule has 7 atom stereocenters. The summed E-state index contributed by atoms with van der Waals surface area (Å²) in [5, 5.41) is 66.2. The van der Waals surface area contributed by atoms with Gasteiger partial charge in [-0.25, -0.2) is 0 Å². The minimum atomic E-state index is -2.99. The first-order valence-corrected chi connectivity index (χ1v) is 5.37. The number of nitrogens with two attached hydrogens (primary N) is 1. The summed E-state index contributed by atoms with van der Waals surface area (Å²) >= 11 is 0. The van der Waals surface area contributed by atoms with E-state index in [1.54, 1.807) is 0 Å². The summed E-state index contributed by atoms with van der Waals surface area (Å²) in [7, 11) is 0. The molecule has 0 aromatic carbocycles. The Morgan fingerprint density at radius 2 is 1.79 bits per heavy atom. The largest absolute Gasteiger partial charge is 0.394 e. The quantitative estimate of drug-likeness (QED) is 0.248. The van der Waals surface area contributed by atoms with Crippen molar-refractivity contribution < 1.29 is 45.3 Å². The molecule has 19 heavy (non-hydrogen) atoms. The highest BCUT2D eigenvalue weighted by molar-refractivity contribution is 5.79. The van der Waals surface area contributed by atoms with E-state index in [9.17, 15) is 35.4 Å². The third-order valence-electron chi connectivity index (χ3n) is 3.01. The van der Waals surface area contributed by atoms with Crippen molar-refractivity contribution in [3.05, 3.63) is 0 Å². The Morgan fingerprint density at radius 3 is 2.21 bits per heavy atom. The van der Waals surface area contributed by atoms with Gasteiger partial charge in [0.15, 0.2) is 6.10 Å². The maximum absolute atomic E-state index is 10.7. The normalized spacial score (nSPS) is 42.7. The van der Waals surface area contributed by atoms with Crippen LogP contribution >= 0.6 is 0 Å². The molecule has 1 heterocycles. The summed E-state index contributed by atoms with van der Waals surface area (Å²) < 4.78 is 4.68. The summed E-state index contributed by atoms with van der Waals surface area (Å²) in [5.74, 6) is -4.39. The fourth-order valence-electron chi connectivity index (χ4n) is 1.81. The van der Waals surface area contributed by atoms with Gasteiger partial charge in [0.2, 0.25) is 11.7 Å². The van der Waals surface area contributed by atoms with Gasteiger partial charge in [0.05, 0.1) is 6.61 Å². The number of hydrogen-bond acceptors (Lipinski definition) is 9. The Morgan fingerprint density at radius 1 is 1.26 bits per heavy atom. The summed E-state index contributed by atoms with van der Waals surface area (Å²) in [5.41, 5.74) is 4.72. The molecule has 1 aliphatic rings. The fraction of sp³-hybridized carbons (Fsp3) is 0.889. The molecule has 0 radical (unpaired) electrons. The third-order valence-corrected chi connectivity index (χ3v) is 3.01. The van der Waals surface area contributed by atoms with Crippen LogP contribution in [-0.4, -0.2) is 90.7 Å². The fourth-order valence-corrected chi connectivity index (χ4v) is 1.81. The zero-order valence-corrected chi connectivity index (χ0v) is 9.70. The van der Waals surface area contributed by atoms with E-state index in [0.29, 0.717) is 0 Å². The molecule has 112 valence electrons. The van der Waals surface area contributed by atoms with Crippen molar-refractivity contribution in [1.29, 1.82) is 0 Å². The van der Waals surface area contributed by atoms with Crippen LogP contribution in [0.25, 0.3) is 0 Å². The Balaban J connectivity index is 3.04. The molecule has 9 N–H and O–H groups in total. The number of carbonyl (C=O) groups is 1. The van der Waals surface area contributed by atoms with Gasteiger partial charge >= 0.3 is 0 Å². The number of aliphatic hydroxyl groups is 7. The Labute approximate surface area is 107 Å². The molecular formula is C9H17NO9. The molecule has 0 spiro atoms. The number of primary amides is 1. The topological polar surface area (TPSA) is 194 Å². The van der Waals surface area contributed by atoms with Gasteiger partial charge in [-0.05, 0) is 0 Å². The van der Waals surface area contributed by atoms with Gasteiger partial charge in [-0.1, -0.05) is 0 Å². The molecule has 1 fully saturated rings. The molecule has 1 saturated heterocycles. The highest BCUT2D eigenvalue weighted by Crippen LogP contribution is 2.31. The van der Waals surface area contributed by atoms with Crippen LogP contribution in [0.5, 0.6) is 0 Å². The van der Waals surface area contributed by atoms with Gasteiger partial charge in [0, 0.05) is 0 Å². The molecule has 10 heteroatoms. The lowest BCUT2D eigenvalue weighted by atomic mass is 9.87. The van der Waals surface area contributed by atoms with E-state index in [4.69, 9.17) is 10.8 Å². The SMILES string of the molecule is NC(=O)C(O)C(O)[C@@]1(O)O[C@H](CO)[C@@H](O)[C@H](O)[C@@H]1O. The Kier molecular flexibility index (Phi) is 4.81. The molecule has 2 unspecified atom stereocenters. The lowest BCUT2D eigenvalue weighted by molar-refractivity contribution is -0.381. The summed E-state index contributed by atoms with van der Waals surface area (Å²) in [4.78, 5) is 10.7. The van der Waals surface area contributed by atoms with Gasteiger partial charge in [0.25, 0.3) is 0 Å². The maximum Gasteiger partial charge on any atom is 0.249 e. The number of hydrogen-bond donors (Lipinski definition) is 8. The molecule has 10 nitrogen and oxygen atoms in total. The first-order valence-electron chi connectivity index (χ1n) is 5.37. The second-order valence-corrected chi connectivity index (χ2v) is 4.31. The van der Waals surface area contributed by atoms with Crippen LogP contribution in [0, 0.1) is 0 Å². The van der Waals surface area contributed by atoms with Crippen molar-refractivity contribution >= 4 is 5.91 Å². The highest BCUT2D eigenvalue weighted by Gasteiger charge is 2.58. The average molecular weight is 283 g/mol. The van der Waals surface area contributed by atoms with Crippen molar-refractivity contribution in [2.75, 3.05) is 6.61 Å². The second kappa shape index (κ2) is 5.64. The van der Waals surface area contributed by atoms with Gasteiger partial charge in [0.1, 0.15) is 30.5 Å². The zero-order valence-electron chi connectivity index (χ0n) is 9.70. The number of aliphatic hydroxyl groups excluding tert-OH is 6. The molecule has 0 saturated carbocycles. The van der Waals surface area contributed by atoms with Crippen molar-refractivity contribution in [2.24, 2.45) is 5.73 Å². The van der Waals surface area contributed by atoms with Gasteiger partial charge in [-0.2, -0.15) is 0 Å². The first kappa shape index (κ1) is 16.2. The van der Waals surface area contributed by atoms with E-state index < -0.39 is 54.9 Å². The predicted molar refractivity (Wildman–Crippen MR) is 56.1 cm³/mol. The van der Waals surface area contributed by atoms with Crippen LogP contribution in [0.4, 0.5) is 0 Å². The van der Waals surface area contributed by atoms with Crippen LogP contribution in [0.15, 0.2) is 0 Å². The first-order chi connectivity index (χ1) is 8.66. The summed E-state index contributed by atoms with van der Waals surface area (Å²) in [6, 6.07) is 0. The van der Waals surface area contributed by atoms with Crippen molar-refractivity contribution in [1.82, 2.24) is 0 Å². The van der Waals surface area contributed by atoms with E-state index in [0.717, 1.165) is 0 Å². The van der Waals surface area contributed by atoms with E-state index >= 15 is 0 Å². The molecular weight excluding hydrogens is 266 g/mol. The third kappa shape index (κ3) is 2.70. The highest BCUT2D eigenvalue weighted by atomic mass is 16.7. The van der Waals surface area contributed by atoms with Crippen LogP contribution in [0.2, 0.25) is 0 Å². The minimum Gasteiger partial charge on any atom is -0.394 e. The summed E-state index contributed by atoms with van der Waals surface area (Å²) in [6.07, 6.45) is -12.2. The molecule has 0 aromatic rings. The van der Waals surface area contributed by atoms with E-state index in [1.165, 1.54) is 0 Å². The smallest absolute Gasteiger partial charge is 0.249 e. The molecule has 1 rings (SSSR count). The van der Waals surface area contributed by atoms with Crippen LogP contribution in [-0.2, 0) is 9.53 Å². The number of amides is 1. The standard InChI is InChI=1S/C9H17NO9/c10-8(17)5(14)7(16)9(18)6(15)4(13)3(12)2(1-11)19-9/h2-7,11-16,18H,1H2,(H2,10,17)/t2-,3-,4+,5?,6+,7?,9+/m1/s1. The van der Waals surface area contributed by atoms with Crippen LogP contribution in [0.1, 0.15) is 0 Å². The monoisotopic (exact) mass is 283 g/mol. The predicted octanol–water partition coefficient (Wildman–Crippen LogP) is -5.64. The van der Waals surface area contributed by atoms with Gasteiger partial charge in [-0.15, -0.1) is 0 Å². The molecule has 0 bridgehead atoms. The zero-order chi connectivity index (χ0) is 15.0. The Hall–Kier alpha value is -0.850. The van der Waals surface area contributed by atoms with Gasteiger partial charge in [-0.3, -0.25) is 4.79 Å². The van der Waals surface area contributed by atoms with E-state index in [-0.39, 0.29) is 0 Å². The van der Waals surface area contributed by atoms with Crippen LogP contribution < -0.4 is 5.73 Å². The lowest BCUT2D eigenvalue weighted by Gasteiger charge is -2.47. The minimum absolute atomic E-state index is 0.855. The second-order valence-electron chi connectivity index (χ2n) is 4.31. The van der Waals surface area contributed by atoms with Crippen molar-refractivity contribution in [2.45, 2.75) is 42.4 Å². The average Bonchev–Trinajstić information content (AvgIpc) is 2.38. The molecule has 0 aromatic heterocycles. The van der Waals surface area contributed by atoms with E-state index in [1.807, 2.05) is 0 Å². The molecule has 1 aliphatic heterocycles. The van der Waals surface area contributed by atoms with Crippen LogP contribution in [0.3, 0.4) is 0 Å².